The second kappa shape index (κ2) is 9.35. The van der Waals surface area contributed by atoms with Crippen molar-refractivity contribution in [2.45, 2.75) is 32.1 Å². The highest BCUT2D eigenvalue weighted by Gasteiger charge is 2.32. The van der Waals surface area contributed by atoms with Gasteiger partial charge in [0.1, 0.15) is 0 Å². The van der Waals surface area contributed by atoms with Crippen molar-refractivity contribution in [2.24, 2.45) is 11.8 Å². The van der Waals surface area contributed by atoms with Crippen LogP contribution < -0.4 is 0 Å². The SMILES string of the molecule is COCCN1CC[C@H](C(=O)N2CCC(CCc3ccccc3)CC2)C1. The Balaban J connectivity index is 1.38. The van der Waals surface area contributed by atoms with Crippen LogP contribution in [0.4, 0.5) is 0 Å². The van der Waals surface area contributed by atoms with Gasteiger partial charge in [0.25, 0.3) is 0 Å². The van der Waals surface area contributed by atoms with Gasteiger partial charge in [0, 0.05) is 33.3 Å². The van der Waals surface area contributed by atoms with E-state index in [9.17, 15) is 4.79 Å². The number of rotatable bonds is 7. The standard InChI is InChI=1S/C21H32N2O2/c1-25-16-15-22-12-11-20(17-22)21(24)23-13-9-19(10-14-23)8-7-18-5-3-2-4-6-18/h2-6,19-20H,7-17H2,1H3/t20-/m0/s1. The molecule has 1 aromatic carbocycles. The van der Waals surface area contributed by atoms with Gasteiger partial charge in [0.05, 0.1) is 12.5 Å². The molecule has 1 atom stereocenters. The van der Waals surface area contributed by atoms with Crippen LogP contribution in [0, 0.1) is 11.8 Å². The zero-order valence-electron chi connectivity index (χ0n) is 15.5. The average Bonchev–Trinajstić information content (AvgIpc) is 3.14. The van der Waals surface area contributed by atoms with E-state index < -0.39 is 0 Å². The Hall–Kier alpha value is -1.39. The lowest BCUT2D eigenvalue weighted by Crippen LogP contribution is -2.42. The molecular formula is C21H32N2O2. The number of nitrogens with zero attached hydrogens (tertiary/aromatic N) is 2. The highest BCUT2D eigenvalue weighted by molar-refractivity contribution is 5.79. The molecule has 0 radical (unpaired) electrons. The third-order valence-electron chi connectivity index (χ3n) is 5.84. The minimum atomic E-state index is 0.206. The lowest BCUT2D eigenvalue weighted by atomic mass is 9.90. The first-order valence-corrected chi connectivity index (χ1v) is 9.80. The van der Waals surface area contributed by atoms with Crippen LogP contribution in [0.15, 0.2) is 30.3 Å². The predicted molar refractivity (Wildman–Crippen MR) is 100 cm³/mol. The Labute approximate surface area is 152 Å². The fraction of sp³-hybridized carbons (Fsp3) is 0.667. The highest BCUT2D eigenvalue weighted by Crippen LogP contribution is 2.25. The Morgan fingerprint density at radius 1 is 1.12 bits per heavy atom. The summed E-state index contributed by atoms with van der Waals surface area (Å²) in [7, 11) is 1.74. The Kier molecular flexibility index (Phi) is 6.88. The summed E-state index contributed by atoms with van der Waals surface area (Å²) in [5, 5.41) is 0. The Bertz CT molecular complexity index is 526. The van der Waals surface area contributed by atoms with E-state index in [1.54, 1.807) is 7.11 Å². The maximum Gasteiger partial charge on any atom is 0.227 e. The molecule has 2 fully saturated rings. The number of benzene rings is 1. The van der Waals surface area contributed by atoms with E-state index in [0.29, 0.717) is 5.91 Å². The van der Waals surface area contributed by atoms with E-state index >= 15 is 0 Å². The van der Waals surface area contributed by atoms with Gasteiger partial charge in [-0.05, 0) is 50.1 Å². The van der Waals surface area contributed by atoms with Crippen LogP contribution in [0.2, 0.25) is 0 Å². The molecule has 4 heteroatoms. The molecule has 1 amide bonds. The molecule has 138 valence electrons. The van der Waals surface area contributed by atoms with Gasteiger partial charge in [0.2, 0.25) is 5.91 Å². The van der Waals surface area contributed by atoms with Crippen LogP contribution in [0.25, 0.3) is 0 Å². The van der Waals surface area contributed by atoms with E-state index in [0.717, 1.165) is 58.1 Å². The van der Waals surface area contributed by atoms with Crippen molar-refractivity contribution < 1.29 is 9.53 Å². The van der Waals surface area contributed by atoms with Gasteiger partial charge in [-0.3, -0.25) is 4.79 Å². The summed E-state index contributed by atoms with van der Waals surface area (Å²) in [6.07, 6.45) is 5.75. The summed E-state index contributed by atoms with van der Waals surface area (Å²) < 4.78 is 5.15. The number of piperidine rings is 1. The van der Waals surface area contributed by atoms with Crippen molar-refractivity contribution >= 4 is 5.91 Å². The number of hydrogen-bond donors (Lipinski definition) is 0. The third kappa shape index (κ3) is 5.29. The third-order valence-corrected chi connectivity index (χ3v) is 5.84. The lowest BCUT2D eigenvalue weighted by Gasteiger charge is -2.33. The lowest BCUT2D eigenvalue weighted by molar-refractivity contribution is -0.136. The van der Waals surface area contributed by atoms with Crippen molar-refractivity contribution in [3.63, 3.8) is 0 Å². The van der Waals surface area contributed by atoms with Crippen LogP contribution in [0.5, 0.6) is 0 Å². The van der Waals surface area contributed by atoms with Crippen LogP contribution in [0.3, 0.4) is 0 Å². The van der Waals surface area contributed by atoms with Gasteiger partial charge in [-0.25, -0.2) is 0 Å². The molecule has 2 aliphatic rings. The summed E-state index contributed by atoms with van der Waals surface area (Å²) in [6.45, 7) is 5.55. The molecule has 2 aliphatic heterocycles. The van der Waals surface area contributed by atoms with Crippen LogP contribution in [-0.4, -0.2) is 62.1 Å². The van der Waals surface area contributed by atoms with Crippen molar-refractivity contribution in [2.75, 3.05) is 46.4 Å². The second-order valence-electron chi connectivity index (χ2n) is 7.57. The Morgan fingerprint density at radius 3 is 2.60 bits per heavy atom. The first kappa shape index (κ1) is 18.4. The number of amides is 1. The molecule has 2 saturated heterocycles. The normalized spacial score (nSPS) is 22.4. The molecular weight excluding hydrogens is 312 g/mol. The topological polar surface area (TPSA) is 32.8 Å². The highest BCUT2D eigenvalue weighted by atomic mass is 16.5. The molecule has 4 nitrogen and oxygen atoms in total. The van der Waals surface area contributed by atoms with Crippen molar-refractivity contribution in [1.29, 1.82) is 0 Å². The Morgan fingerprint density at radius 2 is 1.88 bits per heavy atom. The van der Waals surface area contributed by atoms with E-state index in [1.807, 2.05) is 0 Å². The summed E-state index contributed by atoms with van der Waals surface area (Å²) in [6, 6.07) is 10.7. The van der Waals surface area contributed by atoms with Gasteiger partial charge in [0.15, 0.2) is 0 Å². The van der Waals surface area contributed by atoms with Crippen molar-refractivity contribution in [1.82, 2.24) is 9.80 Å². The summed E-state index contributed by atoms with van der Waals surface area (Å²) >= 11 is 0. The first-order chi connectivity index (χ1) is 12.3. The minimum Gasteiger partial charge on any atom is -0.383 e. The predicted octanol–water partition coefficient (Wildman–Crippen LogP) is 2.83. The minimum absolute atomic E-state index is 0.206. The summed E-state index contributed by atoms with van der Waals surface area (Å²) in [4.78, 5) is 17.3. The molecule has 0 bridgehead atoms. The average molecular weight is 344 g/mol. The van der Waals surface area contributed by atoms with Crippen molar-refractivity contribution in [3.8, 4) is 0 Å². The molecule has 25 heavy (non-hydrogen) atoms. The number of ether oxygens (including phenoxy) is 1. The molecule has 0 saturated carbocycles. The monoisotopic (exact) mass is 344 g/mol. The molecule has 1 aromatic rings. The fourth-order valence-electron chi connectivity index (χ4n) is 4.17. The van der Waals surface area contributed by atoms with Gasteiger partial charge in [-0.1, -0.05) is 30.3 Å². The second-order valence-corrected chi connectivity index (χ2v) is 7.57. The number of likely N-dealkylation sites (tertiary alicyclic amines) is 2. The number of methoxy groups -OCH3 is 1. The zero-order valence-corrected chi connectivity index (χ0v) is 15.5. The van der Waals surface area contributed by atoms with Crippen LogP contribution in [-0.2, 0) is 16.0 Å². The molecule has 3 rings (SSSR count). The largest absolute Gasteiger partial charge is 0.383 e. The molecule has 0 aromatic heterocycles. The van der Waals surface area contributed by atoms with E-state index in [1.165, 1.54) is 24.8 Å². The van der Waals surface area contributed by atoms with E-state index in [-0.39, 0.29) is 5.92 Å². The number of carbonyl (C=O) groups excluding carboxylic acids is 1. The quantitative estimate of drug-likeness (QED) is 0.762. The van der Waals surface area contributed by atoms with E-state index in [4.69, 9.17) is 4.74 Å². The molecule has 0 spiro atoms. The van der Waals surface area contributed by atoms with Crippen LogP contribution >= 0.6 is 0 Å². The van der Waals surface area contributed by atoms with Crippen molar-refractivity contribution in [3.05, 3.63) is 35.9 Å². The number of aryl methyl sites for hydroxylation is 1. The number of carbonyl (C=O) groups is 1. The van der Waals surface area contributed by atoms with E-state index in [2.05, 4.69) is 40.1 Å². The molecule has 0 unspecified atom stereocenters. The molecule has 0 N–H and O–H groups in total. The van der Waals surface area contributed by atoms with Gasteiger partial charge in [-0.15, -0.1) is 0 Å². The molecule has 0 aliphatic carbocycles. The maximum atomic E-state index is 12.8. The smallest absolute Gasteiger partial charge is 0.227 e. The van der Waals surface area contributed by atoms with Gasteiger partial charge >= 0.3 is 0 Å². The van der Waals surface area contributed by atoms with Gasteiger partial charge in [-0.2, -0.15) is 0 Å². The fourth-order valence-corrected chi connectivity index (χ4v) is 4.17. The first-order valence-electron chi connectivity index (χ1n) is 9.80. The maximum absolute atomic E-state index is 12.8. The molecule has 2 heterocycles. The summed E-state index contributed by atoms with van der Waals surface area (Å²) in [5.41, 5.74) is 1.43. The summed E-state index contributed by atoms with van der Waals surface area (Å²) in [5.74, 6) is 1.37. The van der Waals surface area contributed by atoms with Crippen LogP contribution in [0.1, 0.15) is 31.2 Å². The van der Waals surface area contributed by atoms with Gasteiger partial charge < -0.3 is 14.5 Å². The zero-order chi connectivity index (χ0) is 17.5. The number of hydrogen-bond acceptors (Lipinski definition) is 3.